The number of likely N-dealkylation sites (tertiary alicyclic amines) is 1. The van der Waals surface area contributed by atoms with E-state index >= 15 is 0 Å². The molecular formula is C41H44N10O6. The Morgan fingerprint density at radius 3 is 2.46 bits per heavy atom. The van der Waals surface area contributed by atoms with Gasteiger partial charge in [0.25, 0.3) is 17.7 Å². The first-order valence-corrected chi connectivity index (χ1v) is 19.9. The van der Waals surface area contributed by atoms with Gasteiger partial charge in [-0.25, -0.2) is 9.50 Å². The van der Waals surface area contributed by atoms with Gasteiger partial charge in [-0.05, 0) is 66.8 Å². The minimum atomic E-state index is -0.614. The number of hydrogen-bond donors (Lipinski definition) is 2. The van der Waals surface area contributed by atoms with E-state index in [2.05, 4.69) is 41.5 Å². The van der Waals surface area contributed by atoms with Crippen molar-refractivity contribution in [2.45, 2.75) is 50.9 Å². The SMILES string of the molecule is O=C1CCC(N2Cc3cc(N4CC(CN5CCC(N6Cc7cc(NC(=O)c8cnn9cccnc89)c(N8CCOCC8)cc7C6=O)CC5)C4)ccc3C2=O)C(=O)N1. The van der Waals surface area contributed by atoms with Crippen LogP contribution in [-0.2, 0) is 27.4 Å². The second-order valence-electron chi connectivity index (χ2n) is 16.0. The average Bonchev–Trinajstić information content (AvgIpc) is 3.89. The second-order valence-corrected chi connectivity index (χ2v) is 16.0. The van der Waals surface area contributed by atoms with Crippen molar-refractivity contribution in [1.82, 2.24) is 34.6 Å². The van der Waals surface area contributed by atoms with Crippen LogP contribution in [0.2, 0.25) is 0 Å². The van der Waals surface area contributed by atoms with Crippen molar-refractivity contribution in [1.29, 1.82) is 0 Å². The molecule has 2 aromatic heterocycles. The fraction of sp³-hybridized carbons (Fsp3) is 0.439. The van der Waals surface area contributed by atoms with E-state index in [-0.39, 0.29) is 36.1 Å². The number of benzene rings is 2. The van der Waals surface area contributed by atoms with Crippen LogP contribution in [0.3, 0.4) is 0 Å². The Hall–Kier alpha value is -5.87. The molecule has 1 atom stereocenters. The second kappa shape index (κ2) is 14.3. The van der Waals surface area contributed by atoms with E-state index in [0.717, 1.165) is 68.1 Å². The summed E-state index contributed by atoms with van der Waals surface area (Å²) in [7, 11) is 0. The number of amides is 5. The van der Waals surface area contributed by atoms with Crippen molar-refractivity contribution in [3.8, 4) is 0 Å². The molecule has 4 aromatic rings. The highest BCUT2D eigenvalue weighted by molar-refractivity contribution is 6.10. The maximum absolute atomic E-state index is 14.0. The van der Waals surface area contributed by atoms with Gasteiger partial charge in [0.1, 0.15) is 11.6 Å². The highest BCUT2D eigenvalue weighted by Crippen LogP contribution is 2.38. The summed E-state index contributed by atoms with van der Waals surface area (Å²) in [5.41, 5.74) is 6.59. The molecule has 0 bridgehead atoms. The summed E-state index contributed by atoms with van der Waals surface area (Å²) in [5, 5.41) is 9.77. The molecule has 10 rings (SSSR count). The van der Waals surface area contributed by atoms with E-state index < -0.39 is 11.9 Å². The summed E-state index contributed by atoms with van der Waals surface area (Å²) in [4.78, 5) is 79.8. The lowest BCUT2D eigenvalue weighted by Gasteiger charge is -2.45. The first kappa shape index (κ1) is 35.5. The van der Waals surface area contributed by atoms with Gasteiger partial charge in [0.15, 0.2) is 5.65 Å². The smallest absolute Gasteiger partial charge is 0.261 e. The number of aromatic nitrogens is 3. The Labute approximate surface area is 328 Å². The normalized spacial score (nSPS) is 21.9. The van der Waals surface area contributed by atoms with Crippen LogP contribution in [0.25, 0.3) is 5.65 Å². The number of piperidine rings is 2. The third-order valence-electron chi connectivity index (χ3n) is 12.5. The summed E-state index contributed by atoms with van der Waals surface area (Å²) in [5.74, 6) is -0.563. The Morgan fingerprint density at radius 2 is 1.65 bits per heavy atom. The topological polar surface area (TPSA) is 165 Å². The van der Waals surface area contributed by atoms with Crippen LogP contribution in [0, 0.1) is 5.92 Å². The molecule has 16 heteroatoms. The quantitative estimate of drug-likeness (QED) is 0.252. The Balaban J connectivity index is 0.751. The minimum Gasteiger partial charge on any atom is -0.378 e. The van der Waals surface area contributed by atoms with Crippen LogP contribution in [-0.4, -0.2) is 130 Å². The van der Waals surface area contributed by atoms with Crippen molar-refractivity contribution in [2.75, 3.05) is 74.1 Å². The van der Waals surface area contributed by atoms with Crippen molar-refractivity contribution in [3.05, 3.63) is 82.8 Å². The van der Waals surface area contributed by atoms with Crippen LogP contribution in [0.5, 0.6) is 0 Å². The molecular weight excluding hydrogens is 729 g/mol. The molecule has 0 spiro atoms. The fourth-order valence-electron chi connectivity index (χ4n) is 9.44. The average molecular weight is 773 g/mol. The summed E-state index contributed by atoms with van der Waals surface area (Å²) in [6, 6.07) is 11.2. The van der Waals surface area contributed by atoms with Gasteiger partial charge in [-0.3, -0.25) is 29.3 Å². The Morgan fingerprint density at radius 1 is 0.877 bits per heavy atom. The Bertz CT molecular complexity index is 2310. The van der Waals surface area contributed by atoms with Crippen molar-refractivity contribution < 1.29 is 28.7 Å². The molecule has 4 saturated heterocycles. The van der Waals surface area contributed by atoms with Gasteiger partial charge in [-0.1, -0.05) is 0 Å². The lowest BCUT2D eigenvalue weighted by molar-refractivity contribution is -0.136. The molecule has 2 aromatic carbocycles. The molecule has 8 heterocycles. The first-order valence-electron chi connectivity index (χ1n) is 19.9. The van der Waals surface area contributed by atoms with Crippen LogP contribution < -0.4 is 20.4 Å². The lowest BCUT2D eigenvalue weighted by atomic mass is 9.95. The van der Waals surface area contributed by atoms with Gasteiger partial charge >= 0.3 is 0 Å². The van der Waals surface area contributed by atoms with Crippen molar-refractivity contribution in [3.63, 3.8) is 0 Å². The summed E-state index contributed by atoms with van der Waals surface area (Å²) >= 11 is 0. The number of nitrogens with zero attached hydrogens (tertiary/aromatic N) is 8. The fourth-order valence-corrected chi connectivity index (χ4v) is 9.44. The molecule has 4 fully saturated rings. The van der Waals surface area contributed by atoms with Gasteiger partial charge in [0, 0.05) is 106 Å². The van der Waals surface area contributed by atoms with E-state index in [1.807, 2.05) is 29.2 Å². The third-order valence-corrected chi connectivity index (χ3v) is 12.5. The molecule has 6 aliphatic heterocycles. The van der Waals surface area contributed by atoms with E-state index in [1.165, 1.54) is 6.20 Å². The number of carbonyl (C=O) groups excluding carboxylic acids is 5. The number of hydrogen-bond acceptors (Lipinski definition) is 11. The number of imide groups is 1. The number of ether oxygens (including phenoxy) is 1. The number of fused-ring (bicyclic) bond motifs is 3. The largest absolute Gasteiger partial charge is 0.378 e. The molecule has 5 amide bonds. The first-order chi connectivity index (χ1) is 27.8. The van der Waals surface area contributed by atoms with Crippen LogP contribution in [0.1, 0.15) is 67.9 Å². The van der Waals surface area contributed by atoms with E-state index in [1.54, 1.807) is 27.9 Å². The molecule has 0 saturated carbocycles. The molecule has 6 aliphatic rings. The van der Waals surface area contributed by atoms with Crippen molar-refractivity contribution in [2.24, 2.45) is 5.92 Å². The Kier molecular flexibility index (Phi) is 8.89. The molecule has 0 aliphatic carbocycles. The van der Waals surface area contributed by atoms with Crippen LogP contribution in [0.15, 0.2) is 55.0 Å². The summed E-state index contributed by atoms with van der Waals surface area (Å²) < 4.78 is 7.19. The number of morpholine rings is 1. The monoisotopic (exact) mass is 772 g/mol. The molecule has 16 nitrogen and oxygen atoms in total. The zero-order valence-electron chi connectivity index (χ0n) is 31.6. The molecule has 2 N–H and O–H groups in total. The third kappa shape index (κ3) is 6.45. The molecule has 57 heavy (non-hydrogen) atoms. The van der Waals surface area contributed by atoms with Crippen LogP contribution in [0.4, 0.5) is 17.1 Å². The molecule has 294 valence electrons. The van der Waals surface area contributed by atoms with Gasteiger partial charge in [-0.15, -0.1) is 0 Å². The number of rotatable bonds is 8. The lowest BCUT2D eigenvalue weighted by Crippen LogP contribution is -2.53. The van der Waals surface area contributed by atoms with E-state index in [9.17, 15) is 24.0 Å². The number of anilines is 3. The van der Waals surface area contributed by atoms with E-state index in [4.69, 9.17) is 4.74 Å². The van der Waals surface area contributed by atoms with Gasteiger partial charge in [0.2, 0.25) is 11.8 Å². The predicted molar refractivity (Wildman–Crippen MR) is 208 cm³/mol. The van der Waals surface area contributed by atoms with E-state index in [0.29, 0.717) is 79.8 Å². The van der Waals surface area contributed by atoms with Crippen molar-refractivity contribution >= 4 is 52.2 Å². The summed E-state index contributed by atoms with van der Waals surface area (Å²) in [6.07, 6.45) is 7.32. The maximum Gasteiger partial charge on any atom is 0.261 e. The molecule has 1 unspecified atom stereocenters. The number of nitrogens with one attached hydrogen (secondary N) is 2. The van der Waals surface area contributed by atoms with Gasteiger partial charge in [-0.2, -0.15) is 5.10 Å². The molecule has 0 radical (unpaired) electrons. The van der Waals surface area contributed by atoms with Gasteiger partial charge in [0.05, 0.1) is 30.8 Å². The van der Waals surface area contributed by atoms with Crippen LogP contribution >= 0.6 is 0 Å². The highest BCUT2D eigenvalue weighted by atomic mass is 16.5. The zero-order valence-corrected chi connectivity index (χ0v) is 31.6. The highest BCUT2D eigenvalue weighted by Gasteiger charge is 2.41. The number of carbonyl (C=O) groups is 5. The minimum absolute atomic E-state index is 0.0496. The summed E-state index contributed by atoms with van der Waals surface area (Å²) in [6.45, 7) is 8.06. The predicted octanol–water partition coefficient (Wildman–Crippen LogP) is 2.14. The van der Waals surface area contributed by atoms with Gasteiger partial charge < -0.3 is 34.6 Å². The maximum atomic E-state index is 14.0. The zero-order chi connectivity index (χ0) is 38.8. The standard InChI is InChI=1S/C41H44N10O6/c52-36-5-4-34(39(54)45-36)50-24-26-16-29(2-3-30(26)40(50)55)48-21-25(22-48)20-46-10-6-28(7-11-46)49-23-27-17-33(35(18-31(27)41(49)56)47-12-14-57-15-13-47)44-38(53)32-19-43-51-9-1-8-42-37(32)51/h1-3,8-9,16-19,25,28,34H,4-7,10-15,20-24H2,(H,44,53)(H,45,52,54).